The Kier molecular flexibility index (Phi) is 4.38. The number of nitrogens with zero attached hydrogens (tertiary/aromatic N) is 4. The van der Waals surface area contributed by atoms with E-state index < -0.39 is 5.60 Å². The van der Waals surface area contributed by atoms with Crippen molar-refractivity contribution in [2.45, 2.75) is 33.3 Å². The minimum Gasteiger partial charge on any atom is -0.444 e. The Balaban J connectivity index is 1.69. The number of fused-ring (bicyclic) bond motifs is 1. The smallest absolute Gasteiger partial charge is 0.410 e. The fraction of sp³-hybridized carbons (Fsp3) is 0.529. The average molecular weight is 348 g/mol. The summed E-state index contributed by atoms with van der Waals surface area (Å²) in [6.07, 6.45) is 3.60. The van der Waals surface area contributed by atoms with Crippen LogP contribution in [-0.2, 0) is 4.74 Å². The molecule has 0 unspecified atom stereocenters. The lowest BCUT2D eigenvalue weighted by atomic mass is 10.2. The molecule has 0 radical (unpaired) electrons. The van der Waals surface area contributed by atoms with E-state index in [1.807, 2.05) is 33.2 Å². The van der Waals surface area contributed by atoms with Crippen LogP contribution in [0.2, 0.25) is 0 Å². The molecule has 3 heterocycles. The Morgan fingerprint density at radius 2 is 1.92 bits per heavy atom. The Morgan fingerprint density at radius 1 is 1.25 bits per heavy atom. The zero-order chi connectivity index (χ0) is 17.5. The molecule has 24 heavy (non-hydrogen) atoms. The molecule has 1 fully saturated rings. The highest BCUT2D eigenvalue weighted by Gasteiger charge is 2.26. The molecule has 1 aliphatic heterocycles. The van der Waals surface area contributed by atoms with E-state index in [2.05, 4.69) is 35.7 Å². The summed E-state index contributed by atoms with van der Waals surface area (Å²) in [5.41, 5.74) is 2.64. The molecule has 0 bridgehead atoms. The quantitative estimate of drug-likeness (QED) is 0.805. The van der Waals surface area contributed by atoms with Crippen molar-refractivity contribution in [2.24, 2.45) is 0 Å². The van der Waals surface area contributed by atoms with Crippen LogP contribution >= 0.6 is 12.8 Å². The number of aromatic nitrogens is 2. The maximum Gasteiger partial charge on any atom is 0.410 e. The van der Waals surface area contributed by atoms with E-state index in [0.717, 1.165) is 35.4 Å². The first kappa shape index (κ1) is 17.0. The van der Waals surface area contributed by atoms with Gasteiger partial charge in [-0.2, -0.15) is 0 Å². The largest absolute Gasteiger partial charge is 0.444 e. The second-order valence-corrected chi connectivity index (χ2v) is 7.61. The minimum absolute atomic E-state index is 0.237. The van der Waals surface area contributed by atoms with Crippen molar-refractivity contribution in [2.75, 3.05) is 31.1 Å². The number of aryl methyl sites for hydroxylation is 1. The summed E-state index contributed by atoms with van der Waals surface area (Å²) >= 11 is 4.38. The van der Waals surface area contributed by atoms with Gasteiger partial charge in [-0.05, 0) is 39.3 Å². The van der Waals surface area contributed by atoms with Gasteiger partial charge in [0, 0.05) is 37.8 Å². The van der Waals surface area contributed by atoms with Gasteiger partial charge in [-0.1, -0.05) is 12.8 Å². The summed E-state index contributed by atoms with van der Waals surface area (Å²) in [7, 11) is 0. The van der Waals surface area contributed by atoms with E-state index in [9.17, 15) is 4.79 Å². The van der Waals surface area contributed by atoms with E-state index in [1.54, 1.807) is 8.87 Å². The molecule has 0 atom stereocenters. The van der Waals surface area contributed by atoms with E-state index in [4.69, 9.17) is 4.74 Å². The standard InChI is InChI=1S/C17H24N4O2S/c1-12-11-21(24)15-14(12)9-13(10-18-15)19-5-7-20(8-6-19)16(22)23-17(2,3)4/h9-11,24H,5-8H2,1-4H3. The molecule has 0 N–H and O–H groups in total. The first-order chi connectivity index (χ1) is 11.2. The normalized spacial score (nSPS) is 15.9. The van der Waals surface area contributed by atoms with Crippen molar-refractivity contribution < 1.29 is 9.53 Å². The van der Waals surface area contributed by atoms with Crippen molar-refractivity contribution in [1.82, 2.24) is 13.9 Å². The summed E-state index contributed by atoms with van der Waals surface area (Å²) in [4.78, 5) is 20.7. The number of amides is 1. The molecule has 0 spiro atoms. The zero-order valence-corrected chi connectivity index (χ0v) is 15.5. The molecule has 3 rings (SSSR count). The predicted octanol–water partition coefficient (Wildman–Crippen LogP) is 3.09. The van der Waals surface area contributed by atoms with Crippen LogP contribution < -0.4 is 4.90 Å². The van der Waals surface area contributed by atoms with Crippen molar-refractivity contribution in [1.29, 1.82) is 0 Å². The fourth-order valence-electron chi connectivity index (χ4n) is 2.88. The topological polar surface area (TPSA) is 50.6 Å². The number of carbonyl (C=O) groups is 1. The fourth-order valence-corrected chi connectivity index (χ4v) is 3.21. The third kappa shape index (κ3) is 3.45. The highest BCUT2D eigenvalue weighted by molar-refractivity contribution is 7.78. The van der Waals surface area contributed by atoms with Gasteiger partial charge in [0.25, 0.3) is 0 Å². The SMILES string of the molecule is Cc1cn(S)c2ncc(N3CCN(C(=O)OC(C)(C)C)CC3)cc12. The molecule has 0 aliphatic carbocycles. The first-order valence-corrected chi connectivity index (χ1v) is 8.54. The molecule has 1 amide bonds. The lowest BCUT2D eigenvalue weighted by Gasteiger charge is -2.36. The van der Waals surface area contributed by atoms with Crippen molar-refractivity contribution in [3.63, 3.8) is 0 Å². The van der Waals surface area contributed by atoms with Gasteiger partial charge in [-0.25, -0.2) is 9.78 Å². The molecule has 2 aromatic heterocycles. The van der Waals surface area contributed by atoms with Gasteiger partial charge in [-0.3, -0.25) is 3.97 Å². The Morgan fingerprint density at radius 3 is 2.54 bits per heavy atom. The van der Waals surface area contributed by atoms with Gasteiger partial charge >= 0.3 is 6.09 Å². The van der Waals surface area contributed by atoms with Crippen LogP contribution in [-0.4, -0.2) is 51.7 Å². The molecule has 0 saturated carbocycles. The molecular formula is C17H24N4O2S. The third-order valence-electron chi connectivity index (χ3n) is 4.11. The van der Waals surface area contributed by atoms with Crippen LogP contribution in [0.4, 0.5) is 10.5 Å². The van der Waals surface area contributed by atoms with Crippen molar-refractivity contribution >= 4 is 35.6 Å². The summed E-state index contributed by atoms with van der Waals surface area (Å²) in [5, 5.41) is 1.11. The maximum absolute atomic E-state index is 12.1. The number of rotatable bonds is 1. The summed E-state index contributed by atoms with van der Waals surface area (Å²) in [5.74, 6) is 0. The number of pyridine rings is 1. The van der Waals surface area contributed by atoms with Crippen molar-refractivity contribution in [3.05, 3.63) is 24.0 Å². The Labute approximate surface area is 147 Å². The molecule has 7 heteroatoms. The van der Waals surface area contributed by atoms with E-state index in [1.165, 1.54) is 0 Å². The van der Waals surface area contributed by atoms with Crippen LogP contribution in [0.15, 0.2) is 18.5 Å². The molecule has 1 saturated heterocycles. The minimum atomic E-state index is -0.458. The highest BCUT2D eigenvalue weighted by atomic mass is 32.1. The van der Waals surface area contributed by atoms with Crippen LogP contribution in [0, 0.1) is 6.92 Å². The van der Waals surface area contributed by atoms with Gasteiger partial charge in [0.15, 0.2) is 0 Å². The first-order valence-electron chi connectivity index (χ1n) is 8.14. The van der Waals surface area contributed by atoms with E-state index >= 15 is 0 Å². The van der Waals surface area contributed by atoms with Crippen LogP contribution in [0.25, 0.3) is 11.0 Å². The van der Waals surface area contributed by atoms with Gasteiger partial charge < -0.3 is 14.5 Å². The molecular weight excluding hydrogens is 324 g/mol. The van der Waals surface area contributed by atoms with Crippen LogP contribution in [0.3, 0.4) is 0 Å². The van der Waals surface area contributed by atoms with Crippen LogP contribution in [0.1, 0.15) is 26.3 Å². The van der Waals surface area contributed by atoms with Crippen molar-refractivity contribution in [3.8, 4) is 0 Å². The Bertz CT molecular complexity index is 758. The van der Waals surface area contributed by atoms with Gasteiger partial charge in [0.1, 0.15) is 11.2 Å². The highest BCUT2D eigenvalue weighted by Crippen LogP contribution is 2.25. The third-order valence-corrected chi connectivity index (χ3v) is 4.41. The lowest BCUT2D eigenvalue weighted by Crippen LogP contribution is -2.50. The zero-order valence-electron chi connectivity index (χ0n) is 14.6. The van der Waals surface area contributed by atoms with Gasteiger partial charge in [-0.15, -0.1) is 0 Å². The number of hydrogen-bond donors (Lipinski definition) is 1. The summed E-state index contributed by atoms with van der Waals surface area (Å²) in [6.45, 7) is 10.6. The monoisotopic (exact) mass is 348 g/mol. The summed E-state index contributed by atoms with van der Waals surface area (Å²) in [6, 6.07) is 2.15. The molecule has 0 aromatic carbocycles. The van der Waals surface area contributed by atoms with Gasteiger partial charge in [0.05, 0.1) is 11.9 Å². The molecule has 6 nitrogen and oxygen atoms in total. The number of piperazine rings is 1. The number of hydrogen-bond acceptors (Lipinski definition) is 5. The Hall–Kier alpha value is -1.89. The molecule has 1 aliphatic rings. The second kappa shape index (κ2) is 6.20. The number of ether oxygens (including phenoxy) is 1. The van der Waals surface area contributed by atoms with Crippen LogP contribution in [0.5, 0.6) is 0 Å². The molecule has 2 aromatic rings. The second-order valence-electron chi connectivity index (χ2n) is 7.18. The number of thiol groups is 1. The lowest BCUT2D eigenvalue weighted by molar-refractivity contribution is 0.0240. The number of anilines is 1. The maximum atomic E-state index is 12.1. The average Bonchev–Trinajstić information content (AvgIpc) is 2.80. The van der Waals surface area contributed by atoms with E-state index in [-0.39, 0.29) is 6.09 Å². The molecule has 130 valence electrons. The summed E-state index contributed by atoms with van der Waals surface area (Å²) < 4.78 is 7.18. The predicted molar refractivity (Wildman–Crippen MR) is 98.9 cm³/mol. The van der Waals surface area contributed by atoms with E-state index in [0.29, 0.717) is 13.1 Å². The number of carbonyl (C=O) groups excluding carboxylic acids is 1. The van der Waals surface area contributed by atoms with Gasteiger partial charge in [0.2, 0.25) is 0 Å².